The Bertz CT molecular complexity index is 2040. The number of benzene rings is 2. The average molecular weight is 804 g/mol. The number of rotatable bonds is 5. The first-order chi connectivity index (χ1) is 26.3. The molecule has 0 aromatic heterocycles. The van der Waals surface area contributed by atoms with Gasteiger partial charge in [0.15, 0.2) is 0 Å². The third-order valence-corrected chi connectivity index (χ3v) is 11.5. The zero-order valence-electron chi connectivity index (χ0n) is 31.1. The van der Waals surface area contributed by atoms with E-state index in [-0.39, 0.29) is 38.9 Å². The number of alkyl carbamates (subject to hydrolysis) is 1. The van der Waals surface area contributed by atoms with Crippen molar-refractivity contribution < 1.29 is 55.0 Å². The predicted molar refractivity (Wildman–Crippen MR) is 192 cm³/mol. The van der Waals surface area contributed by atoms with E-state index in [1.807, 2.05) is 4.72 Å². The third kappa shape index (κ3) is 9.11. The van der Waals surface area contributed by atoms with Crippen molar-refractivity contribution >= 4 is 39.9 Å². The average Bonchev–Trinajstić information content (AvgIpc) is 3.40. The number of nitrogens with one attached hydrogen (secondary N) is 3. The molecular weight excluding hydrogens is 760 g/mol. The summed E-state index contributed by atoms with van der Waals surface area (Å²) in [6.45, 7) is 4.70. The van der Waals surface area contributed by atoms with Gasteiger partial charge in [0.05, 0.1) is 18.0 Å². The maximum absolute atomic E-state index is 14.4. The molecule has 0 spiro atoms. The van der Waals surface area contributed by atoms with Crippen LogP contribution in [0.2, 0.25) is 0 Å². The summed E-state index contributed by atoms with van der Waals surface area (Å²) in [5.74, 6) is -6.26. The van der Waals surface area contributed by atoms with Crippen LogP contribution in [0.5, 0.6) is 0 Å². The molecule has 302 valence electrons. The largest absolute Gasteiger partial charge is 0.444 e. The van der Waals surface area contributed by atoms with Crippen LogP contribution in [0.25, 0.3) is 0 Å². The van der Waals surface area contributed by atoms with Gasteiger partial charge in [-0.25, -0.2) is 35.9 Å². The molecule has 6 rings (SSSR count). The second-order valence-corrected chi connectivity index (χ2v) is 17.2. The van der Waals surface area contributed by atoms with Crippen LogP contribution in [0, 0.1) is 23.4 Å². The van der Waals surface area contributed by atoms with Crippen LogP contribution in [0.1, 0.15) is 76.8 Å². The number of hydrogen-bond acceptors (Lipinski definition) is 9. The van der Waals surface area contributed by atoms with E-state index in [0.717, 1.165) is 4.90 Å². The van der Waals surface area contributed by atoms with Gasteiger partial charge in [-0.3, -0.25) is 19.3 Å². The first-order valence-electron chi connectivity index (χ1n) is 18.4. The zero-order chi connectivity index (χ0) is 40.6. The summed E-state index contributed by atoms with van der Waals surface area (Å²) in [5.41, 5.74) is -1.78. The summed E-state index contributed by atoms with van der Waals surface area (Å²) in [7, 11) is -4.82. The molecule has 3 heterocycles. The van der Waals surface area contributed by atoms with E-state index < -0.39 is 97.5 Å². The van der Waals surface area contributed by atoms with E-state index in [2.05, 4.69) is 10.6 Å². The molecule has 2 fully saturated rings. The Morgan fingerprint density at radius 3 is 2.43 bits per heavy atom. The molecule has 56 heavy (non-hydrogen) atoms. The number of ether oxygens (including phenoxy) is 2. The lowest BCUT2D eigenvalue weighted by Gasteiger charge is -2.30. The van der Waals surface area contributed by atoms with Crippen LogP contribution in [0.3, 0.4) is 0 Å². The van der Waals surface area contributed by atoms with Crippen LogP contribution in [0.4, 0.5) is 22.8 Å². The van der Waals surface area contributed by atoms with E-state index in [4.69, 9.17) is 9.47 Å². The molecule has 1 saturated carbocycles. The van der Waals surface area contributed by atoms with E-state index >= 15 is 0 Å². The van der Waals surface area contributed by atoms with E-state index in [1.165, 1.54) is 17.0 Å². The molecule has 3 aliphatic heterocycles. The van der Waals surface area contributed by atoms with Crippen LogP contribution >= 0.6 is 0 Å². The standard InChI is InChI=1S/C38H44F3N5O9S/c1-37(2,3)55-35(50)42-30-13-8-6-4-5-7-11-23-18-38(23,34(49)44-56(52,53)27-15-24(39)14-25(40)16-27)43-32(47)31-17-26(20-46(31)33(30)48)54-36(51)45-19-22-10-9-12-29(41)28(22)21-45/h7,9-12,14-16,23,26,30-31H,4-6,8,13,17-21H2,1-3H3,(H,42,50)(H,43,47)(H,44,49)/t23-,26-,30+,31+,38-/m1/s1. The summed E-state index contributed by atoms with van der Waals surface area (Å²) >= 11 is 0. The van der Waals surface area contributed by atoms with Gasteiger partial charge in [-0.05, 0) is 70.2 Å². The monoisotopic (exact) mass is 803 g/mol. The van der Waals surface area contributed by atoms with Gasteiger partial charge in [0, 0.05) is 30.5 Å². The molecule has 4 aliphatic rings. The summed E-state index contributed by atoms with van der Waals surface area (Å²) in [4.78, 5) is 70.3. The fourth-order valence-corrected chi connectivity index (χ4v) is 8.38. The van der Waals surface area contributed by atoms with Crippen molar-refractivity contribution in [2.75, 3.05) is 6.54 Å². The Labute approximate surface area is 322 Å². The fraction of sp³-hybridized carbons (Fsp3) is 0.500. The van der Waals surface area contributed by atoms with Crippen molar-refractivity contribution in [2.24, 2.45) is 5.92 Å². The lowest BCUT2D eigenvalue weighted by molar-refractivity contribution is -0.141. The van der Waals surface area contributed by atoms with Gasteiger partial charge in [0.2, 0.25) is 11.8 Å². The Hall–Kier alpha value is -5.13. The molecule has 14 nitrogen and oxygen atoms in total. The maximum Gasteiger partial charge on any atom is 0.410 e. The number of nitrogens with zero attached hydrogens (tertiary/aromatic N) is 2. The maximum atomic E-state index is 14.4. The molecule has 18 heteroatoms. The van der Waals surface area contributed by atoms with Gasteiger partial charge >= 0.3 is 12.2 Å². The number of allylic oxidation sites excluding steroid dienone is 1. The Balaban J connectivity index is 1.27. The molecule has 5 amide bonds. The number of sulfonamides is 1. The van der Waals surface area contributed by atoms with E-state index in [1.54, 1.807) is 39.0 Å². The van der Waals surface area contributed by atoms with Gasteiger partial charge in [-0.1, -0.05) is 37.1 Å². The molecule has 2 aromatic carbocycles. The van der Waals surface area contributed by atoms with Gasteiger partial charge in [-0.2, -0.15) is 0 Å². The molecular formula is C38H44F3N5O9S. The molecule has 0 bridgehead atoms. The van der Waals surface area contributed by atoms with Crippen molar-refractivity contribution in [2.45, 2.75) is 113 Å². The van der Waals surface area contributed by atoms with Crippen molar-refractivity contribution in [3.63, 3.8) is 0 Å². The molecule has 5 atom stereocenters. The summed E-state index contributed by atoms with van der Waals surface area (Å²) in [6.07, 6.45) is 3.01. The topological polar surface area (TPSA) is 181 Å². The number of carbonyl (C=O) groups excluding carboxylic acids is 5. The van der Waals surface area contributed by atoms with Gasteiger partial charge < -0.3 is 25.0 Å². The first kappa shape index (κ1) is 40.5. The van der Waals surface area contributed by atoms with Crippen molar-refractivity contribution in [1.29, 1.82) is 0 Å². The van der Waals surface area contributed by atoms with Crippen LogP contribution < -0.4 is 15.4 Å². The van der Waals surface area contributed by atoms with Gasteiger partial charge in [0.1, 0.15) is 46.8 Å². The summed E-state index contributed by atoms with van der Waals surface area (Å²) in [5, 5.41) is 5.26. The highest BCUT2D eigenvalue weighted by atomic mass is 32.2. The first-order valence-corrected chi connectivity index (χ1v) is 19.9. The second kappa shape index (κ2) is 15.8. The highest BCUT2D eigenvalue weighted by Crippen LogP contribution is 2.46. The highest BCUT2D eigenvalue weighted by molar-refractivity contribution is 7.90. The number of amides is 5. The minimum absolute atomic E-state index is 0.0396. The van der Waals surface area contributed by atoms with Crippen molar-refractivity contribution in [3.8, 4) is 0 Å². The SMILES string of the molecule is CC(C)(C)OC(=O)N[C@H]1CCCCCC=C[C@@H]2C[C@@]2(C(=O)NS(=O)(=O)c2cc(F)cc(F)c2)NC(=O)[C@@H]2C[C@@H](OC(=O)N3Cc4cccc(F)c4C3)CN2C1=O. The van der Waals surface area contributed by atoms with Gasteiger partial charge in [0.25, 0.3) is 15.9 Å². The molecule has 0 radical (unpaired) electrons. The zero-order valence-corrected chi connectivity index (χ0v) is 31.9. The number of carbonyl (C=O) groups is 5. The molecule has 0 unspecified atom stereocenters. The van der Waals surface area contributed by atoms with Gasteiger partial charge in [-0.15, -0.1) is 0 Å². The quantitative estimate of drug-likeness (QED) is 0.371. The smallest absolute Gasteiger partial charge is 0.410 e. The fourth-order valence-electron chi connectivity index (χ4n) is 7.30. The number of halogens is 3. The van der Waals surface area contributed by atoms with Crippen molar-refractivity contribution in [3.05, 3.63) is 77.1 Å². The van der Waals surface area contributed by atoms with Crippen molar-refractivity contribution in [1.82, 2.24) is 25.2 Å². The predicted octanol–water partition coefficient (Wildman–Crippen LogP) is 4.32. The summed E-state index contributed by atoms with van der Waals surface area (Å²) < 4.78 is 81.6. The Morgan fingerprint density at radius 1 is 1.00 bits per heavy atom. The van der Waals surface area contributed by atoms with Crippen LogP contribution in [0.15, 0.2) is 53.4 Å². The third-order valence-electron chi connectivity index (χ3n) is 10.2. The summed E-state index contributed by atoms with van der Waals surface area (Å²) in [6, 6.07) is 3.52. The lowest BCUT2D eigenvalue weighted by atomic mass is 10.0. The minimum Gasteiger partial charge on any atom is -0.444 e. The lowest BCUT2D eigenvalue weighted by Crippen LogP contribution is -2.58. The number of hydrogen-bond donors (Lipinski definition) is 3. The van der Waals surface area contributed by atoms with Crippen LogP contribution in [-0.2, 0) is 47.0 Å². The molecule has 3 N–H and O–H groups in total. The van der Waals surface area contributed by atoms with E-state index in [0.29, 0.717) is 55.0 Å². The molecule has 1 saturated heterocycles. The van der Waals surface area contributed by atoms with E-state index in [9.17, 15) is 45.6 Å². The minimum atomic E-state index is -4.82. The molecule has 1 aliphatic carbocycles. The second-order valence-electron chi connectivity index (χ2n) is 15.6. The Kier molecular flexibility index (Phi) is 11.4. The highest BCUT2D eigenvalue weighted by Gasteiger charge is 2.62. The normalized spacial score (nSPS) is 25.5. The van der Waals surface area contributed by atoms with Crippen LogP contribution in [-0.4, -0.2) is 84.0 Å². The Morgan fingerprint density at radius 2 is 1.73 bits per heavy atom. The molecule has 2 aromatic rings. The number of fused-ring (bicyclic) bond motifs is 3.